The van der Waals surface area contributed by atoms with Gasteiger partial charge < -0.3 is 10.6 Å². The molecule has 2 amide bonds. The van der Waals surface area contributed by atoms with E-state index in [0.29, 0.717) is 22.5 Å². The zero-order chi connectivity index (χ0) is 18.5. The molecule has 0 aliphatic carbocycles. The van der Waals surface area contributed by atoms with E-state index in [0.717, 1.165) is 9.13 Å². The Morgan fingerprint density at radius 1 is 0.962 bits per heavy atom. The van der Waals surface area contributed by atoms with E-state index in [1.807, 2.05) is 37.3 Å². The van der Waals surface area contributed by atoms with Crippen molar-refractivity contribution < 1.29 is 9.59 Å². The molecule has 1 heterocycles. The predicted molar refractivity (Wildman–Crippen MR) is 110 cm³/mol. The van der Waals surface area contributed by atoms with Crippen LogP contribution in [0, 0.1) is 10.5 Å². The van der Waals surface area contributed by atoms with Gasteiger partial charge in [0, 0.05) is 21.7 Å². The summed E-state index contributed by atoms with van der Waals surface area (Å²) in [4.78, 5) is 29.1. The second-order valence-corrected chi connectivity index (χ2v) is 6.95. The summed E-state index contributed by atoms with van der Waals surface area (Å²) >= 11 is 2.13. The maximum absolute atomic E-state index is 12.7. The first-order valence-electron chi connectivity index (χ1n) is 7.92. The van der Waals surface area contributed by atoms with Crippen molar-refractivity contribution in [3.05, 3.63) is 87.3 Å². The molecule has 0 fully saturated rings. The summed E-state index contributed by atoms with van der Waals surface area (Å²) in [6.07, 6.45) is 3.08. The number of hydrogen-bond acceptors (Lipinski definition) is 3. The van der Waals surface area contributed by atoms with Gasteiger partial charge in [-0.15, -0.1) is 0 Å². The van der Waals surface area contributed by atoms with Gasteiger partial charge in [-0.2, -0.15) is 0 Å². The Balaban J connectivity index is 1.86. The zero-order valence-corrected chi connectivity index (χ0v) is 16.2. The molecule has 6 heteroatoms. The highest BCUT2D eigenvalue weighted by Gasteiger charge is 2.15. The minimum atomic E-state index is -0.316. The summed E-state index contributed by atoms with van der Waals surface area (Å²) in [7, 11) is 0. The lowest BCUT2D eigenvalue weighted by atomic mass is 10.1. The highest BCUT2D eigenvalue weighted by atomic mass is 127. The van der Waals surface area contributed by atoms with E-state index in [1.54, 1.807) is 30.5 Å². The second kappa shape index (κ2) is 8.09. The van der Waals surface area contributed by atoms with Crippen molar-refractivity contribution >= 4 is 45.8 Å². The number of benzene rings is 2. The van der Waals surface area contributed by atoms with Gasteiger partial charge in [-0.3, -0.25) is 14.6 Å². The lowest BCUT2D eigenvalue weighted by Gasteiger charge is -2.12. The molecule has 130 valence electrons. The van der Waals surface area contributed by atoms with Gasteiger partial charge in [0.1, 0.15) is 0 Å². The summed E-state index contributed by atoms with van der Waals surface area (Å²) in [5.41, 5.74) is 3.03. The predicted octanol–water partition coefficient (Wildman–Crippen LogP) is 4.50. The fraction of sp³-hybridized carbons (Fsp3) is 0.0500. The molecule has 2 N–H and O–H groups in total. The maximum atomic E-state index is 12.7. The number of anilines is 2. The number of pyridine rings is 1. The first-order valence-corrected chi connectivity index (χ1v) is 9.00. The van der Waals surface area contributed by atoms with E-state index in [-0.39, 0.29) is 11.8 Å². The van der Waals surface area contributed by atoms with Gasteiger partial charge >= 0.3 is 0 Å². The first-order chi connectivity index (χ1) is 12.5. The molecule has 2 aromatic carbocycles. The number of aromatic nitrogens is 1. The number of halogens is 1. The summed E-state index contributed by atoms with van der Waals surface area (Å²) < 4.78 is 0.899. The summed E-state index contributed by atoms with van der Waals surface area (Å²) in [5, 5.41) is 5.66. The molecule has 5 nitrogen and oxygen atoms in total. The standard InChI is InChI=1S/C20H16IN3O2/c1-13-4-2-6-16(10-13)23-20(26)17-11-15(21)7-8-18(17)24-19(25)14-5-3-9-22-12-14/h2-12H,1H3,(H,23,26)(H,24,25). The van der Waals surface area contributed by atoms with Crippen molar-refractivity contribution in [3.8, 4) is 0 Å². The van der Waals surface area contributed by atoms with Crippen LogP contribution in [-0.2, 0) is 0 Å². The quantitative estimate of drug-likeness (QED) is 0.567. The van der Waals surface area contributed by atoms with Gasteiger partial charge in [0.2, 0.25) is 0 Å². The van der Waals surface area contributed by atoms with Gasteiger partial charge in [0.25, 0.3) is 11.8 Å². The van der Waals surface area contributed by atoms with Crippen LogP contribution in [0.25, 0.3) is 0 Å². The van der Waals surface area contributed by atoms with Crippen LogP contribution in [-0.4, -0.2) is 16.8 Å². The fourth-order valence-electron chi connectivity index (χ4n) is 2.43. The smallest absolute Gasteiger partial charge is 0.257 e. The lowest BCUT2D eigenvalue weighted by molar-refractivity contribution is 0.102. The van der Waals surface area contributed by atoms with Crippen molar-refractivity contribution in [2.24, 2.45) is 0 Å². The Kier molecular flexibility index (Phi) is 5.62. The zero-order valence-electron chi connectivity index (χ0n) is 14.0. The molecular weight excluding hydrogens is 441 g/mol. The van der Waals surface area contributed by atoms with Crippen LogP contribution in [0.1, 0.15) is 26.3 Å². The molecule has 0 spiro atoms. The first kappa shape index (κ1) is 18.1. The van der Waals surface area contributed by atoms with Crippen molar-refractivity contribution in [1.82, 2.24) is 4.98 Å². The van der Waals surface area contributed by atoms with Crippen LogP contribution >= 0.6 is 22.6 Å². The summed E-state index contributed by atoms with van der Waals surface area (Å²) in [5.74, 6) is -0.598. The van der Waals surface area contributed by atoms with Crippen LogP contribution in [0.5, 0.6) is 0 Å². The number of aryl methyl sites for hydroxylation is 1. The summed E-state index contributed by atoms with van der Waals surface area (Å²) in [6, 6.07) is 16.2. The van der Waals surface area contributed by atoms with Crippen LogP contribution in [0.3, 0.4) is 0 Å². The molecule has 0 bridgehead atoms. The van der Waals surface area contributed by atoms with E-state index in [9.17, 15) is 9.59 Å². The Hall–Kier alpha value is -2.74. The third kappa shape index (κ3) is 4.45. The van der Waals surface area contributed by atoms with Crippen molar-refractivity contribution in [2.75, 3.05) is 10.6 Å². The van der Waals surface area contributed by atoms with Crippen LogP contribution in [0.15, 0.2) is 67.0 Å². The van der Waals surface area contributed by atoms with Crippen molar-refractivity contribution in [3.63, 3.8) is 0 Å². The van der Waals surface area contributed by atoms with Crippen LogP contribution in [0.2, 0.25) is 0 Å². The Bertz CT molecular complexity index is 958. The largest absolute Gasteiger partial charge is 0.322 e. The number of amides is 2. The van der Waals surface area contributed by atoms with E-state index in [4.69, 9.17) is 0 Å². The average molecular weight is 457 g/mol. The number of hydrogen-bond donors (Lipinski definition) is 2. The van der Waals surface area contributed by atoms with Gasteiger partial charge in [-0.05, 0) is 77.5 Å². The molecule has 0 radical (unpaired) electrons. The third-order valence-electron chi connectivity index (χ3n) is 3.67. The van der Waals surface area contributed by atoms with E-state index < -0.39 is 0 Å². The third-order valence-corrected chi connectivity index (χ3v) is 4.35. The Morgan fingerprint density at radius 2 is 1.81 bits per heavy atom. The number of nitrogens with one attached hydrogen (secondary N) is 2. The maximum Gasteiger partial charge on any atom is 0.257 e. The minimum Gasteiger partial charge on any atom is -0.322 e. The van der Waals surface area contributed by atoms with Gasteiger partial charge in [-0.1, -0.05) is 12.1 Å². The molecule has 0 unspecified atom stereocenters. The Labute approximate surface area is 165 Å². The highest BCUT2D eigenvalue weighted by Crippen LogP contribution is 2.21. The van der Waals surface area contributed by atoms with Crippen molar-refractivity contribution in [1.29, 1.82) is 0 Å². The number of nitrogens with zero attached hydrogens (tertiary/aromatic N) is 1. The topological polar surface area (TPSA) is 71.1 Å². The second-order valence-electron chi connectivity index (χ2n) is 5.71. The molecule has 1 aromatic heterocycles. The van der Waals surface area contributed by atoms with Gasteiger partial charge in [-0.25, -0.2) is 0 Å². The monoisotopic (exact) mass is 457 g/mol. The molecular formula is C20H16IN3O2. The Morgan fingerprint density at radius 3 is 2.54 bits per heavy atom. The average Bonchev–Trinajstić information content (AvgIpc) is 2.64. The molecule has 0 aliphatic rings. The number of rotatable bonds is 4. The van der Waals surface area contributed by atoms with Gasteiger partial charge in [0.05, 0.1) is 16.8 Å². The van der Waals surface area contributed by atoms with E-state index in [2.05, 4.69) is 38.2 Å². The summed E-state index contributed by atoms with van der Waals surface area (Å²) in [6.45, 7) is 1.96. The molecule has 26 heavy (non-hydrogen) atoms. The molecule has 0 saturated heterocycles. The van der Waals surface area contributed by atoms with Crippen molar-refractivity contribution in [2.45, 2.75) is 6.92 Å². The van der Waals surface area contributed by atoms with Gasteiger partial charge in [0.15, 0.2) is 0 Å². The molecule has 0 aliphatic heterocycles. The van der Waals surface area contributed by atoms with Crippen LogP contribution < -0.4 is 10.6 Å². The number of carbonyl (C=O) groups excluding carboxylic acids is 2. The molecule has 0 saturated carbocycles. The molecule has 3 rings (SSSR count). The lowest BCUT2D eigenvalue weighted by Crippen LogP contribution is -2.18. The number of carbonyl (C=O) groups is 2. The minimum absolute atomic E-state index is 0.282. The SMILES string of the molecule is Cc1cccc(NC(=O)c2cc(I)ccc2NC(=O)c2cccnc2)c1. The molecule has 3 aromatic rings. The van der Waals surface area contributed by atoms with E-state index >= 15 is 0 Å². The normalized spacial score (nSPS) is 10.2. The fourth-order valence-corrected chi connectivity index (χ4v) is 2.92. The highest BCUT2D eigenvalue weighted by molar-refractivity contribution is 14.1. The van der Waals surface area contributed by atoms with Crippen LogP contribution in [0.4, 0.5) is 11.4 Å². The van der Waals surface area contributed by atoms with E-state index in [1.165, 1.54) is 6.20 Å². The molecule has 0 atom stereocenters.